The fourth-order valence-corrected chi connectivity index (χ4v) is 5.82. The number of ether oxygens (including phenoxy) is 2. The molecule has 4 aromatic rings. The van der Waals surface area contributed by atoms with Crippen LogP contribution in [0.5, 0.6) is 11.8 Å². The van der Waals surface area contributed by atoms with Crippen LogP contribution in [0.25, 0.3) is 16.4 Å². The Morgan fingerprint density at radius 2 is 1.88 bits per heavy atom. The number of aliphatic hydroxyl groups excluding tert-OH is 1. The molecule has 2 aromatic heterocycles. The molecule has 2 atom stereocenters. The van der Waals surface area contributed by atoms with E-state index in [1.54, 1.807) is 27.7 Å². The van der Waals surface area contributed by atoms with E-state index in [1.165, 1.54) is 0 Å². The van der Waals surface area contributed by atoms with Crippen molar-refractivity contribution >= 4 is 28.3 Å². The lowest BCUT2D eigenvalue weighted by molar-refractivity contribution is 0.0240. The van der Waals surface area contributed by atoms with Gasteiger partial charge in [-0.1, -0.05) is 24.3 Å². The van der Waals surface area contributed by atoms with Gasteiger partial charge in [0.05, 0.1) is 11.9 Å². The molecule has 2 unspecified atom stereocenters. The number of anilines is 1. The summed E-state index contributed by atoms with van der Waals surface area (Å²) < 4.78 is 13.3. The first-order valence-electron chi connectivity index (χ1n) is 14.8. The Balaban J connectivity index is 1.34. The minimum atomic E-state index is -1.13. The third kappa shape index (κ3) is 6.02. The van der Waals surface area contributed by atoms with Gasteiger partial charge in [0.1, 0.15) is 24.1 Å². The Bertz CT molecular complexity index is 1630. The van der Waals surface area contributed by atoms with Gasteiger partial charge in [-0.25, -0.2) is 14.3 Å². The van der Waals surface area contributed by atoms with Gasteiger partial charge in [-0.3, -0.25) is 0 Å². The Morgan fingerprint density at radius 3 is 2.60 bits per heavy atom. The predicted molar refractivity (Wildman–Crippen MR) is 162 cm³/mol. The number of hydrogen-bond donors (Lipinski definition) is 2. The fraction of sp³-hybridized carbons (Fsp3) is 0.484. The van der Waals surface area contributed by atoms with Crippen molar-refractivity contribution in [1.82, 2.24) is 29.4 Å². The maximum Gasteiger partial charge on any atom is 0.410 e. The summed E-state index contributed by atoms with van der Waals surface area (Å²) in [6.45, 7) is 8.97. The van der Waals surface area contributed by atoms with Crippen molar-refractivity contribution < 1.29 is 24.5 Å². The predicted octanol–water partition coefficient (Wildman–Crippen LogP) is 3.59. The van der Waals surface area contributed by atoms with Crippen LogP contribution in [-0.2, 0) is 4.74 Å². The molecule has 12 nitrogen and oxygen atoms in total. The molecule has 6 rings (SSSR count). The van der Waals surface area contributed by atoms with Gasteiger partial charge in [0.15, 0.2) is 11.5 Å². The first kappa shape index (κ1) is 28.9. The molecule has 2 N–H and O–H groups in total. The fourth-order valence-electron chi connectivity index (χ4n) is 5.82. The van der Waals surface area contributed by atoms with Crippen LogP contribution in [0, 0.1) is 0 Å². The van der Waals surface area contributed by atoms with Gasteiger partial charge in [0.25, 0.3) is 0 Å². The van der Waals surface area contributed by atoms with Crippen molar-refractivity contribution in [1.29, 1.82) is 0 Å². The molecule has 2 aliphatic rings. The number of likely N-dealkylation sites (tertiary alicyclic amines) is 1. The number of aromatic nitrogens is 4. The SMILES string of the molecule is CN1CCCC1COc1nc(N2CCN(C(=O)OC(C)(C)C)CC2)c2ncc(C(O)c3cc(O)cc4ccccc34)n2n1. The van der Waals surface area contributed by atoms with Crippen LogP contribution in [0.1, 0.15) is 51.0 Å². The van der Waals surface area contributed by atoms with E-state index in [4.69, 9.17) is 14.5 Å². The van der Waals surface area contributed by atoms with Gasteiger partial charge in [-0.2, -0.15) is 4.98 Å². The molecule has 1 amide bonds. The van der Waals surface area contributed by atoms with Crippen LogP contribution in [0.15, 0.2) is 42.6 Å². The van der Waals surface area contributed by atoms with E-state index in [9.17, 15) is 15.0 Å². The maximum atomic E-state index is 12.7. The molecular weight excluding hydrogens is 550 g/mol. The molecule has 2 aliphatic heterocycles. The highest BCUT2D eigenvalue weighted by molar-refractivity contribution is 5.87. The molecule has 0 radical (unpaired) electrons. The number of phenolic OH excluding ortho intramolecular Hbond substituents is 1. The van der Waals surface area contributed by atoms with Crippen molar-refractivity contribution in [2.75, 3.05) is 51.3 Å². The lowest BCUT2D eigenvalue weighted by atomic mass is 9.98. The molecule has 2 fully saturated rings. The topological polar surface area (TPSA) is 129 Å². The number of amides is 1. The minimum absolute atomic E-state index is 0.0597. The van der Waals surface area contributed by atoms with E-state index in [2.05, 4.69) is 26.9 Å². The number of nitrogens with zero attached hydrogens (tertiary/aromatic N) is 7. The number of fused-ring (bicyclic) bond motifs is 2. The van der Waals surface area contributed by atoms with Gasteiger partial charge in [-0.05, 0) is 75.7 Å². The second kappa shape index (κ2) is 11.5. The first-order chi connectivity index (χ1) is 20.6. The van der Waals surface area contributed by atoms with Crippen molar-refractivity contribution in [3.8, 4) is 11.8 Å². The molecular formula is C31H39N7O5. The number of phenols is 1. The number of carbonyl (C=O) groups is 1. The maximum absolute atomic E-state index is 12.7. The number of benzene rings is 2. The van der Waals surface area contributed by atoms with Crippen molar-refractivity contribution in [2.45, 2.75) is 51.4 Å². The Hall–Kier alpha value is -4.16. The van der Waals surface area contributed by atoms with E-state index >= 15 is 0 Å². The van der Waals surface area contributed by atoms with Gasteiger partial charge in [0.2, 0.25) is 0 Å². The number of rotatable bonds is 6. The zero-order valence-corrected chi connectivity index (χ0v) is 25.1. The van der Waals surface area contributed by atoms with Crippen LogP contribution >= 0.6 is 0 Å². The van der Waals surface area contributed by atoms with E-state index in [1.807, 2.05) is 45.0 Å². The highest BCUT2D eigenvalue weighted by Crippen LogP contribution is 2.34. The second-order valence-corrected chi connectivity index (χ2v) is 12.3. The summed E-state index contributed by atoms with van der Waals surface area (Å²) in [6.07, 6.45) is 2.27. The molecule has 0 bridgehead atoms. The normalized spacial score (nSPS) is 18.9. The lowest BCUT2D eigenvalue weighted by Crippen LogP contribution is -2.50. The van der Waals surface area contributed by atoms with Crippen LogP contribution in [-0.4, -0.2) is 104 Å². The van der Waals surface area contributed by atoms with Crippen LogP contribution in [0.3, 0.4) is 0 Å². The van der Waals surface area contributed by atoms with Crippen LogP contribution in [0.2, 0.25) is 0 Å². The first-order valence-corrected chi connectivity index (χ1v) is 14.8. The average molecular weight is 590 g/mol. The molecule has 4 heterocycles. The van der Waals surface area contributed by atoms with Crippen molar-refractivity contribution in [3.05, 3.63) is 53.9 Å². The zero-order valence-electron chi connectivity index (χ0n) is 25.1. The minimum Gasteiger partial charge on any atom is -0.508 e. The Morgan fingerprint density at radius 1 is 1.12 bits per heavy atom. The molecule has 2 saturated heterocycles. The largest absolute Gasteiger partial charge is 0.508 e. The molecule has 43 heavy (non-hydrogen) atoms. The third-order valence-corrected chi connectivity index (χ3v) is 8.11. The van der Waals surface area contributed by atoms with E-state index in [-0.39, 0.29) is 23.9 Å². The average Bonchev–Trinajstić information content (AvgIpc) is 3.59. The van der Waals surface area contributed by atoms with E-state index in [0.717, 1.165) is 30.2 Å². The Kier molecular flexibility index (Phi) is 7.74. The standard InChI is InChI=1S/C31H39N7O5/c1-31(2,3)43-30(41)37-14-12-36(13-15-37)28-27-32-18-25(26(40)24-17-22(39)16-20-8-5-6-10-23(20)24)38(27)34-29(33-28)42-19-21-9-7-11-35(21)4/h5-6,8,10,16-18,21,26,39-40H,7,9,11-15,19H2,1-4H3. The molecule has 0 spiro atoms. The number of hydrogen-bond acceptors (Lipinski definition) is 10. The number of aromatic hydroxyl groups is 1. The molecule has 2 aromatic carbocycles. The summed E-state index contributed by atoms with van der Waals surface area (Å²) in [5.41, 5.74) is 0.860. The molecule has 0 saturated carbocycles. The quantitative estimate of drug-likeness (QED) is 0.344. The smallest absolute Gasteiger partial charge is 0.410 e. The number of likely N-dealkylation sites (N-methyl/N-ethyl adjacent to an activating group) is 1. The summed E-state index contributed by atoms with van der Waals surface area (Å²) in [6, 6.07) is 11.3. The number of imidazole rings is 1. The molecule has 0 aliphatic carbocycles. The van der Waals surface area contributed by atoms with Crippen molar-refractivity contribution in [3.63, 3.8) is 0 Å². The highest BCUT2D eigenvalue weighted by Gasteiger charge is 2.30. The molecule has 228 valence electrons. The summed E-state index contributed by atoms with van der Waals surface area (Å²) in [5, 5.41) is 28.4. The van der Waals surface area contributed by atoms with Crippen molar-refractivity contribution in [2.24, 2.45) is 0 Å². The Labute approximate surface area is 250 Å². The van der Waals surface area contributed by atoms with Gasteiger partial charge in [0, 0.05) is 32.2 Å². The zero-order chi connectivity index (χ0) is 30.3. The van der Waals surface area contributed by atoms with Gasteiger partial charge >= 0.3 is 12.1 Å². The second-order valence-electron chi connectivity index (χ2n) is 12.3. The third-order valence-electron chi connectivity index (χ3n) is 8.11. The van der Waals surface area contributed by atoms with Crippen LogP contribution in [0.4, 0.5) is 10.6 Å². The monoisotopic (exact) mass is 589 g/mol. The summed E-state index contributed by atoms with van der Waals surface area (Å²) in [7, 11) is 2.09. The van der Waals surface area contributed by atoms with Crippen LogP contribution < -0.4 is 9.64 Å². The number of aliphatic hydroxyl groups is 1. The molecule has 12 heteroatoms. The number of carbonyl (C=O) groups excluding carboxylic acids is 1. The van der Waals surface area contributed by atoms with Gasteiger partial charge < -0.3 is 34.4 Å². The van der Waals surface area contributed by atoms with E-state index < -0.39 is 11.7 Å². The summed E-state index contributed by atoms with van der Waals surface area (Å²) in [4.78, 5) is 28.1. The highest BCUT2D eigenvalue weighted by atomic mass is 16.6. The summed E-state index contributed by atoms with van der Waals surface area (Å²) in [5.74, 6) is 0.622. The lowest BCUT2D eigenvalue weighted by Gasteiger charge is -2.36. The van der Waals surface area contributed by atoms with E-state index in [0.29, 0.717) is 55.5 Å². The van der Waals surface area contributed by atoms with Gasteiger partial charge in [-0.15, -0.1) is 5.10 Å². The number of piperazine rings is 1. The summed E-state index contributed by atoms with van der Waals surface area (Å²) >= 11 is 0.